The lowest BCUT2D eigenvalue weighted by Gasteiger charge is -2.11. The molecule has 0 radical (unpaired) electrons. The monoisotopic (exact) mass is 391 g/mol. The van der Waals surface area contributed by atoms with E-state index in [0.29, 0.717) is 21.7 Å². The van der Waals surface area contributed by atoms with Crippen LogP contribution in [-0.2, 0) is 11.0 Å². The lowest BCUT2D eigenvalue weighted by atomic mass is 10.1. The van der Waals surface area contributed by atoms with Gasteiger partial charge in [-0.05, 0) is 25.1 Å². The summed E-state index contributed by atoms with van der Waals surface area (Å²) in [5, 5.41) is 6.47. The summed E-state index contributed by atoms with van der Waals surface area (Å²) in [7, 11) is 1.42. The summed E-state index contributed by atoms with van der Waals surface area (Å²) in [6.07, 6.45) is -4.68. The van der Waals surface area contributed by atoms with E-state index in [0.717, 1.165) is 6.07 Å². The summed E-state index contributed by atoms with van der Waals surface area (Å²) in [6, 6.07) is 8.89. The predicted molar refractivity (Wildman–Crippen MR) is 95.2 cm³/mol. The number of nitrogens with zero attached hydrogens (tertiary/aromatic N) is 4. The number of nitrogens with one attached hydrogen (secondary N) is 1. The Labute approximate surface area is 158 Å². The maximum Gasteiger partial charge on any atom is 0.433 e. The Hall–Kier alpha value is -3.43. The Morgan fingerprint density at radius 1 is 1.18 bits per heavy atom. The molecule has 0 fully saturated rings. The van der Waals surface area contributed by atoms with Crippen LogP contribution in [0.3, 0.4) is 0 Å². The quantitative estimate of drug-likeness (QED) is 0.735. The van der Waals surface area contributed by atoms with Gasteiger partial charge in [0.15, 0.2) is 11.5 Å². The molecular weight excluding hydrogens is 375 g/mol. The number of hydrogen-bond acceptors (Lipinski definition) is 5. The largest absolute Gasteiger partial charge is 0.496 e. The molecule has 146 valence electrons. The third-order valence-electron chi connectivity index (χ3n) is 3.73. The van der Waals surface area contributed by atoms with Gasteiger partial charge in [-0.25, -0.2) is 9.67 Å². The van der Waals surface area contributed by atoms with Gasteiger partial charge in [-0.1, -0.05) is 12.1 Å². The molecule has 0 spiro atoms. The molecule has 0 bridgehead atoms. The van der Waals surface area contributed by atoms with Crippen LogP contribution in [0.25, 0.3) is 17.1 Å². The van der Waals surface area contributed by atoms with Crippen LogP contribution in [0.5, 0.6) is 5.75 Å². The van der Waals surface area contributed by atoms with E-state index in [9.17, 15) is 18.0 Å². The molecule has 1 aromatic carbocycles. The zero-order valence-corrected chi connectivity index (χ0v) is 15.2. The number of aromatic nitrogens is 4. The molecule has 0 unspecified atom stereocenters. The van der Waals surface area contributed by atoms with E-state index < -0.39 is 17.8 Å². The van der Waals surface area contributed by atoms with E-state index in [1.807, 2.05) is 0 Å². The minimum atomic E-state index is -4.68. The number of para-hydroxylation sites is 1. The number of ether oxygens (including phenoxy) is 1. The second-order valence-corrected chi connectivity index (χ2v) is 5.90. The zero-order chi connectivity index (χ0) is 20.5. The highest BCUT2D eigenvalue weighted by atomic mass is 19.4. The van der Waals surface area contributed by atoms with Crippen LogP contribution < -0.4 is 10.1 Å². The molecule has 2 aromatic heterocycles. The topological polar surface area (TPSA) is 81.9 Å². The van der Waals surface area contributed by atoms with Gasteiger partial charge in [-0.15, -0.1) is 0 Å². The Balaban J connectivity index is 2.20. The minimum absolute atomic E-state index is 0.0714. The van der Waals surface area contributed by atoms with E-state index in [-0.39, 0.29) is 17.5 Å². The van der Waals surface area contributed by atoms with Crippen LogP contribution >= 0.6 is 0 Å². The smallest absolute Gasteiger partial charge is 0.433 e. The van der Waals surface area contributed by atoms with E-state index in [4.69, 9.17) is 4.74 Å². The number of anilines is 1. The van der Waals surface area contributed by atoms with Gasteiger partial charge in [-0.2, -0.15) is 23.3 Å². The van der Waals surface area contributed by atoms with Crippen molar-refractivity contribution in [2.75, 3.05) is 12.4 Å². The molecule has 0 atom stereocenters. The van der Waals surface area contributed by atoms with Crippen molar-refractivity contribution in [3.05, 3.63) is 47.8 Å². The van der Waals surface area contributed by atoms with Gasteiger partial charge in [0.25, 0.3) is 0 Å². The van der Waals surface area contributed by atoms with Crippen molar-refractivity contribution in [1.29, 1.82) is 0 Å². The second-order valence-electron chi connectivity index (χ2n) is 5.90. The molecule has 3 rings (SSSR count). The first-order chi connectivity index (χ1) is 13.2. The highest BCUT2D eigenvalue weighted by molar-refractivity contribution is 5.86. The van der Waals surface area contributed by atoms with Crippen LogP contribution in [-0.4, -0.2) is 32.8 Å². The minimum Gasteiger partial charge on any atom is -0.496 e. The van der Waals surface area contributed by atoms with Crippen molar-refractivity contribution in [2.45, 2.75) is 20.0 Å². The van der Waals surface area contributed by atoms with Gasteiger partial charge < -0.3 is 4.74 Å². The number of halogens is 3. The fourth-order valence-corrected chi connectivity index (χ4v) is 2.62. The summed E-state index contributed by atoms with van der Waals surface area (Å²) in [4.78, 5) is 19.2. The van der Waals surface area contributed by atoms with Crippen LogP contribution in [0.2, 0.25) is 0 Å². The summed E-state index contributed by atoms with van der Waals surface area (Å²) in [5.41, 5.74) is -0.166. The highest BCUT2D eigenvalue weighted by Gasteiger charge is 2.37. The molecule has 0 saturated heterocycles. The number of benzene rings is 1. The van der Waals surface area contributed by atoms with Gasteiger partial charge in [0.1, 0.15) is 5.75 Å². The summed E-state index contributed by atoms with van der Waals surface area (Å²) < 4.78 is 46.9. The van der Waals surface area contributed by atoms with E-state index in [2.05, 4.69) is 20.4 Å². The van der Waals surface area contributed by atoms with Crippen molar-refractivity contribution in [2.24, 2.45) is 0 Å². The third-order valence-corrected chi connectivity index (χ3v) is 3.73. The molecule has 1 N–H and O–H groups in total. The lowest BCUT2D eigenvalue weighted by molar-refractivity contribution is -0.142. The first kappa shape index (κ1) is 19.3. The number of alkyl halides is 3. The highest BCUT2D eigenvalue weighted by Crippen LogP contribution is 2.36. The average molecular weight is 391 g/mol. The first-order valence-corrected chi connectivity index (χ1v) is 8.13. The Kier molecular flexibility index (Phi) is 5.04. The van der Waals surface area contributed by atoms with Crippen molar-refractivity contribution < 1.29 is 22.7 Å². The van der Waals surface area contributed by atoms with Gasteiger partial charge >= 0.3 is 6.18 Å². The van der Waals surface area contributed by atoms with Crippen LogP contribution in [0, 0.1) is 6.92 Å². The fourth-order valence-electron chi connectivity index (χ4n) is 2.62. The number of hydrogen-bond donors (Lipinski definition) is 1. The third kappa shape index (κ3) is 3.95. The molecule has 0 saturated carbocycles. The summed E-state index contributed by atoms with van der Waals surface area (Å²) in [5.74, 6) is -0.281. The van der Waals surface area contributed by atoms with E-state index in [1.54, 1.807) is 31.2 Å². The number of aryl methyl sites for hydroxylation is 1. The molecule has 7 nitrogen and oxygen atoms in total. The molecule has 10 heteroatoms. The van der Waals surface area contributed by atoms with Gasteiger partial charge in [0.05, 0.1) is 12.8 Å². The molecule has 1 amide bonds. The SMILES string of the molecule is COc1ccccc1-c1cc(C(F)(F)F)n(-c2cc(C)nc(NC(C)=O)n2)n1. The van der Waals surface area contributed by atoms with Crippen molar-refractivity contribution >= 4 is 11.9 Å². The summed E-state index contributed by atoms with van der Waals surface area (Å²) in [6.45, 7) is 2.83. The number of amides is 1. The standard InChI is InChI=1S/C18H16F3N5O2/c1-10-8-16(24-17(22-10)23-11(2)27)26-15(18(19,20)21)9-13(25-26)12-6-4-5-7-14(12)28-3/h4-9H,1-3H3,(H,22,23,24,27). The average Bonchev–Trinajstić information content (AvgIpc) is 3.06. The second kappa shape index (κ2) is 7.29. The number of rotatable bonds is 4. The van der Waals surface area contributed by atoms with E-state index >= 15 is 0 Å². The van der Waals surface area contributed by atoms with Crippen LogP contribution in [0.1, 0.15) is 18.3 Å². The lowest BCUT2D eigenvalue weighted by Crippen LogP contribution is -2.16. The number of carbonyl (C=O) groups is 1. The van der Waals surface area contributed by atoms with Crippen LogP contribution in [0.4, 0.5) is 19.1 Å². The Morgan fingerprint density at radius 3 is 2.54 bits per heavy atom. The van der Waals surface area contributed by atoms with Gasteiger partial charge in [0, 0.05) is 24.2 Å². The molecule has 0 aliphatic carbocycles. The number of carbonyl (C=O) groups excluding carboxylic acids is 1. The molecule has 0 aliphatic heterocycles. The molecule has 0 aliphatic rings. The predicted octanol–water partition coefficient (Wildman–Crippen LogP) is 3.62. The van der Waals surface area contributed by atoms with Gasteiger partial charge in [-0.3, -0.25) is 10.1 Å². The van der Waals surface area contributed by atoms with Crippen molar-refractivity contribution in [3.63, 3.8) is 0 Å². The molecule has 3 aromatic rings. The fraction of sp³-hybridized carbons (Fsp3) is 0.222. The van der Waals surface area contributed by atoms with Crippen molar-refractivity contribution in [3.8, 4) is 22.8 Å². The zero-order valence-electron chi connectivity index (χ0n) is 15.2. The molecule has 28 heavy (non-hydrogen) atoms. The van der Waals surface area contributed by atoms with Gasteiger partial charge in [0.2, 0.25) is 11.9 Å². The maximum absolute atomic E-state index is 13.7. The van der Waals surface area contributed by atoms with Crippen molar-refractivity contribution in [1.82, 2.24) is 19.7 Å². The molecule has 2 heterocycles. The molecular formula is C18H16F3N5O2. The van der Waals surface area contributed by atoms with Crippen LogP contribution in [0.15, 0.2) is 36.4 Å². The Bertz CT molecular complexity index is 1030. The first-order valence-electron chi connectivity index (χ1n) is 8.13. The Morgan fingerprint density at radius 2 is 1.89 bits per heavy atom. The number of methoxy groups -OCH3 is 1. The normalized spacial score (nSPS) is 11.4. The van der Waals surface area contributed by atoms with E-state index in [1.165, 1.54) is 20.1 Å². The maximum atomic E-state index is 13.7. The summed E-state index contributed by atoms with van der Waals surface area (Å²) >= 11 is 0.